The first-order chi connectivity index (χ1) is 9.49. The van der Waals surface area contributed by atoms with Crippen molar-refractivity contribution in [3.05, 3.63) is 0 Å². The standard InChI is InChI=1S/C18H36N2/c1-4-6-15-7-5-10-18(14-19,12-8-15)20-16-9-11-17(2,3)13-16/h15-16,20H,4-14,19H2,1-3H3. The van der Waals surface area contributed by atoms with Gasteiger partial charge in [-0.2, -0.15) is 0 Å². The summed E-state index contributed by atoms with van der Waals surface area (Å²) in [6.45, 7) is 7.96. The van der Waals surface area contributed by atoms with E-state index in [1.807, 2.05) is 0 Å². The highest BCUT2D eigenvalue weighted by Gasteiger charge is 2.38. The van der Waals surface area contributed by atoms with Crippen molar-refractivity contribution < 1.29 is 0 Å². The van der Waals surface area contributed by atoms with E-state index in [9.17, 15) is 0 Å². The molecule has 3 atom stereocenters. The van der Waals surface area contributed by atoms with E-state index in [4.69, 9.17) is 5.73 Å². The summed E-state index contributed by atoms with van der Waals surface area (Å²) >= 11 is 0. The van der Waals surface area contributed by atoms with Crippen molar-refractivity contribution in [2.45, 2.75) is 96.6 Å². The van der Waals surface area contributed by atoms with E-state index in [0.29, 0.717) is 11.5 Å². The van der Waals surface area contributed by atoms with Gasteiger partial charge in [-0.3, -0.25) is 0 Å². The Balaban J connectivity index is 1.92. The molecule has 2 aliphatic rings. The van der Waals surface area contributed by atoms with Gasteiger partial charge in [0.05, 0.1) is 0 Å². The minimum Gasteiger partial charge on any atom is -0.329 e. The zero-order valence-electron chi connectivity index (χ0n) is 14.0. The van der Waals surface area contributed by atoms with Gasteiger partial charge in [0, 0.05) is 18.1 Å². The van der Waals surface area contributed by atoms with Crippen LogP contribution >= 0.6 is 0 Å². The predicted octanol–water partition coefficient (Wildman–Crippen LogP) is 4.23. The summed E-state index contributed by atoms with van der Waals surface area (Å²) in [6.07, 6.45) is 13.5. The lowest BCUT2D eigenvalue weighted by Gasteiger charge is -2.36. The van der Waals surface area contributed by atoms with Crippen LogP contribution in [0.4, 0.5) is 0 Å². The molecule has 2 saturated carbocycles. The van der Waals surface area contributed by atoms with E-state index in [1.54, 1.807) is 0 Å². The highest BCUT2D eigenvalue weighted by Crippen LogP contribution is 2.39. The normalized spacial score (nSPS) is 37.8. The fraction of sp³-hybridized carbons (Fsp3) is 1.00. The van der Waals surface area contributed by atoms with Crippen LogP contribution in [0.15, 0.2) is 0 Å². The smallest absolute Gasteiger partial charge is 0.0306 e. The third-order valence-corrected chi connectivity index (χ3v) is 5.87. The second kappa shape index (κ2) is 6.79. The molecule has 0 aromatic heterocycles. The first-order valence-corrected chi connectivity index (χ1v) is 8.96. The number of hydrogen-bond donors (Lipinski definition) is 2. The molecule has 2 heteroatoms. The summed E-state index contributed by atoms with van der Waals surface area (Å²) in [5, 5.41) is 4.01. The fourth-order valence-corrected chi connectivity index (χ4v) is 4.58. The molecule has 0 aromatic rings. The SMILES string of the molecule is CCCC1CCCC(CN)(NC2CCC(C)(C)C2)CC1. The summed E-state index contributed by atoms with van der Waals surface area (Å²) in [7, 11) is 0. The highest BCUT2D eigenvalue weighted by atomic mass is 15.0. The average molecular weight is 281 g/mol. The molecule has 0 amide bonds. The van der Waals surface area contributed by atoms with Gasteiger partial charge in [0.15, 0.2) is 0 Å². The molecule has 2 fully saturated rings. The molecule has 0 aromatic carbocycles. The van der Waals surface area contributed by atoms with Gasteiger partial charge in [-0.1, -0.05) is 46.5 Å². The lowest BCUT2D eigenvalue weighted by atomic mass is 9.87. The van der Waals surface area contributed by atoms with Gasteiger partial charge < -0.3 is 11.1 Å². The Bertz CT molecular complexity index is 300. The van der Waals surface area contributed by atoms with Crippen LogP contribution in [0.5, 0.6) is 0 Å². The fourth-order valence-electron chi connectivity index (χ4n) is 4.58. The van der Waals surface area contributed by atoms with Gasteiger partial charge in [0.1, 0.15) is 0 Å². The zero-order chi connectivity index (χ0) is 14.6. The summed E-state index contributed by atoms with van der Waals surface area (Å²) in [6, 6.07) is 0.705. The molecule has 2 rings (SSSR count). The van der Waals surface area contributed by atoms with Gasteiger partial charge in [0.2, 0.25) is 0 Å². The Hall–Kier alpha value is -0.0800. The summed E-state index contributed by atoms with van der Waals surface area (Å²) < 4.78 is 0. The molecule has 0 spiro atoms. The molecular formula is C18H36N2. The zero-order valence-corrected chi connectivity index (χ0v) is 14.0. The van der Waals surface area contributed by atoms with E-state index in [0.717, 1.165) is 12.5 Å². The Kier molecular flexibility index (Phi) is 5.53. The van der Waals surface area contributed by atoms with Crippen LogP contribution in [0, 0.1) is 11.3 Å². The second-order valence-corrected chi connectivity index (χ2v) is 8.32. The van der Waals surface area contributed by atoms with Crippen LogP contribution in [0.2, 0.25) is 0 Å². The average Bonchev–Trinajstić information content (AvgIpc) is 2.61. The van der Waals surface area contributed by atoms with Gasteiger partial charge in [0.25, 0.3) is 0 Å². The summed E-state index contributed by atoms with van der Waals surface area (Å²) in [5.74, 6) is 0.954. The van der Waals surface area contributed by atoms with Crippen molar-refractivity contribution in [1.29, 1.82) is 0 Å². The summed E-state index contributed by atoms with van der Waals surface area (Å²) in [4.78, 5) is 0. The van der Waals surface area contributed by atoms with Crippen molar-refractivity contribution in [2.24, 2.45) is 17.1 Å². The second-order valence-electron chi connectivity index (χ2n) is 8.32. The number of nitrogens with one attached hydrogen (secondary N) is 1. The Morgan fingerprint density at radius 2 is 1.90 bits per heavy atom. The minimum atomic E-state index is 0.244. The van der Waals surface area contributed by atoms with Gasteiger partial charge >= 0.3 is 0 Å². The van der Waals surface area contributed by atoms with E-state index in [-0.39, 0.29) is 5.54 Å². The van der Waals surface area contributed by atoms with Crippen LogP contribution in [-0.4, -0.2) is 18.1 Å². The van der Waals surface area contributed by atoms with Crippen molar-refractivity contribution in [3.63, 3.8) is 0 Å². The van der Waals surface area contributed by atoms with Crippen molar-refractivity contribution in [3.8, 4) is 0 Å². The molecular weight excluding hydrogens is 244 g/mol. The maximum absolute atomic E-state index is 6.21. The first-order valence-electron chi connectivity index (χ1n) is 8.96. The number of nitrogens with two attached hydrogens (primary N) is 1. The summed E-state index contributed by atoms with van der Waals surface area (Å²) in [5.41, 5.74) is 6.98. The van der Waals surface area contributed by atoms with Gasteiger partial charge in [-0.25, -0.2) is 0 Å². The maximum atomic E-state index is 6.21. The van der Waals surface area contributed by atoms with Crippen LogP contribution in [0.25, 0.3) is 0 Å². The molecule has 2 nitrogen and oxygen atoms in total. The molecule has 0 radical (unpaired) electrons. The third-order valence-electron chi connectivity index (χ3n) is 5.87. The van der Waals surface area contributed by atoms with Crippen molar-refractivity contribution in [1.82, 2.24) is 5.32 Å². The van der Waals surface area contributed by atoms with Crippen molar-refractivity contribution >= 4 is 0 Å². The Labute approximate surface area is 126 Å². The molecule has 20 heavy (non-hydrogen) atoms. The lowest BCUT2D eigenvalue weighted by molar-refractivity contribution is 0.245. The first kappa shape index (κ1) is 16.3. The van der Waals surface area contributed by atoms with E-state index < -0.39 is 0 Å². The van der Waals surface area contributed by atoms with Crippen molar-refractivity contribution in [2.75, 3.05) is 6.54 Å². The van der Waals surface area contributed by atoms with E-state index >= 15 is 0 Å². The minimum absolute atomic E-state index is 0.244. The number of rotatable bonds is 5. The van der Waals surface area contributed by atoms with Gasteiger partial charge in [-0.05, 0) is 49.9 Å². The van der Waals surface area contributed by atoms with E-state index in [2.05, 4.69) is 26.1 Å². The van der Waals surface area contributed by atoms with Crippen LogP contribution in [0.1, 0.15) is 85.0 Å². The molecule has 0 bridgehead atoms. The Morgan fingerprint density at radius 3 is 2.50 bits per heavy atom. The topological polar surface area (TPSA) is 38.0 Å². The third kappa shape index (κ3) is 4.21. The lowest BCUT2D eigenvalue weighted by Crippen LogP contribution is -2.54. The molecule has 0 heterocycles. The quantitative estimate of drug-likeness (QED) is 0.740. The Morgan fingerprint density at radius 1 is 1.10 bits per heavy atom. The molecule has 3 N–H and O–H groups in total. The predicted molar refractivity (Wildman–Crippen MR) is 87.8 cm³/mol. The largest absolute Gasteiger partial charge is 0.329 e. The molecule has 3 unspecified atom stereocenters. The van der Waals surface area contributed by atoms with Crippen LogP contribution < -0.4 is 11.1 Å². The molecule has 2 aliphatic carbocycles. The molecule has 118 valence electrons. The van der Waals surface area contributed by atoms with Crippen LogP contribution in [0.3, 0.4) is 0 Å². The maximum Gasteiger partial charge on any atom is 0.0306 e. The van der Waals surface area contributed by atoms with Crippen LogP contribution in [-0.2, 0) is 0 Å². The van der Waals surface area contributed by atoms with E-state index in [1.165, 1.54) is 64.2 Å². The highest BCUT2D eigenvalue weighted by molar-refractivity contribution is 4.97. The molecule has 0 saturated heterocycles. The van der Waals surface area contributed by atoms with Gasteiger partial charge in [-0.15, -0.1) is 0 Å². The molecule has 0 aliphatic heterocycles. The monoisotopic (exact) mass is 280 g/mol. The number of hydrogen-bond acceptors (Lipinski definition) is 2.